The molecule has 4 rings (SSSR count). The number of benzene rings is 1. The molecule has 0 saturated carbocycles. The maximum absolute atomic E-state index is 12.9. The van der Waals surface area contributed by atoms with Crippen LogP contribution in [0.2, 0.25) is 0 Å². The summed E-state index contributed by atoms with van der Waals surface area (Å²) < 4.78 is 18.2. The summed E-state index contributed by atoms with van der Waals surface area (Å²) in [4.78, 5) is 28.8. The van der Waals surface area contributed by atoms with E-state index in [0.717, 1.165) is 0 Å². The fraction of sp³-hybridized carbons (Fsp3) is 0.200. The summed E-state index contributed by atoms with van der Waals surface area (Å²) in [7, 11) is 3.43. The van der Waals surface area contributed by atoms with Gasteiger partial charge in [-0.3, -0.25) is 9.78 Å². The lowest BCUT2D eigenvalue weighted by atomic mass is 10.2. The molecule has 4 aromatic rings. The van der Waals surface area contributed by atoms with Crippen molar-refractivity contribution in [1.29, 1.82) is 0 Å². The molecule has 29 heavy (non-hydrogen) atoms. The van der Waals surface area contributed by atoms with Crippen LogP contribution in [0.15, 0.2) is 53.8 Å². The van der Waals surface area contributed by atoms with Gasteiger partial charge in [-0.05, 0) is 12.1 Å². The molecule has 0 aliphatic heterocycles. The first-order valence-corrected chi connectivity index (χ1v) is 8.91. The maximum Gasteiger partial charge on any atom is 0.302 e. The molecule has 0 spiro atoms. The second-order valence-electron chi connectivity index (χ2n) is 6.25. The van der Waals surface area contributed by atoms with Gasteiger partial charge < -0.3 is 18.8 Å². The number of H-pyrrole nitrogens is 1. The van der Waals surface area contributed by atoms with Crippen LogP contribution in [0.5, 0.6) is 17.5 Å². The number of hydrogen-bond acceptors (Lipinski definition) is 7. The van der Waals surface area contributed by atoms with E-state index in [-0.39, 0.29) is 18.0 Å². The molecular weight excluding hydrogens is 374 g/mol. The highest BCUT2D eigenvalue weighted by molar-refractivity contribution is 5.93. The third-order valence-corrected chi connectivity index (χ3v) is 4.13. The van der Waals surface area contributed by atoms with Gasteiger partial charge in [0.15, 0.2) is 5.75 Å². The zero-order valence-electron chi connectivity index (χ0n) is 16.0. The van der Waals surface area contributed by atoms with Crippen molar-refractivity contribution in [2.75, 3.05) is 20.3 Å². The van der Waals surface area contributed by atoms with Crippen molar-refractivity contribution < 1.29 is 14.2 Å². The van der Waals surface area contributed by atoms with Gasteiger partial charge in [0.2, 0.25) is 0 Å². The van der Waals surface area contributed by atoms with Crippen LogP contribution in [0.25, 0.3) is 22.3 Å². The van der Waals surface area contributed by atoms with Gasteiger partial charge in [0, 0.05) is 20.4 Å². The zero-order valence-corrected chi connectivity index (χ0v) is 16.0. The highest BCUT2D eigenvalue weighted by Crippen LogP contribution is 2.29. The SMILES string of the molecule is COCCOc1cnc(-c2cn(C)cn2)c2nc(Oc3ccccc3)[nH]c(=O)c12. The van der Waals surface area contributed by atoms with Crippen LogP contribution >= 0.6 is 0 Å². The molecular formula is C20H19N5O4. The van der Waals surface area contributed by atoms with E-state index in [0.29, 0.717) is 35.0 Å². The van der Waals surface area contributed by atoms with Gasteiger partial charge in [0.25, 0.3) is 5.56 Å². The number of pyridine rings is 1. The lowest BCUT2D eigenvalue weighted by molar-refractivity contribution is 0.147. The maximum atomic E-state index is 12.9. The van der Waals surface area contributed by atoms with Crippen LogP contribution in [-0.4, -0.2) is 44.8 Å². The van der Waals surface area contributed by atoms with E-state index in [1.54, 1.807) is 36.3 Å². The highest BCUT2D eigenvalue weighted by atomic mass is 16.5. The topological polar surface area (TPSA) is 104 Å². The van der Waals surface area contributed by atoms with Crippen molar-refractivity contribution in [2.45, 2.75) is 0 Å². The summed E-state index contributed by atoms with van der Waals surface area (Å²) in [6, 6.07) is 9.13. The Labute approximate surface area is 165 Å². The average Bonchev–Trinajstić information content (AvgIpc) is 3.15. The van der Waals surface area contributed by atoms with E-state index >= 15 is 0 Å². The van der Waals surface area contributed by atoms with Crippen molar-refractivity contribution in [2.24, 2.45) is 7.05 Å². The average molecular weight is 393 g/mol. The van der Waals surface area contributed by atoms with E-state index in [1.165, 1.54) is 6.20 Å². The van der Waals surface area contributed by atoms with Crippen LogP contribution in [0.1, 0.15) is 0 Å². The van der Waals surface area contributed by atoms with Gasteiger partial charge in [-0.2, -0.15) is 4.98 Å². The van der Waals surface area contributed by atoms with Gasteiger partial charge in [-0.15, -0.1) is 0 Å². The van der Waals surface area contributed by atoms with Gasteiger partial charge in [0.1, 0.15) is 34.6 Å². The van der Waals surface area contributed by atoms with Crippen molar-refractivity contribution >= 4 is 10.9 Å². The van der Waals surface area contributed by atoms with Crippen molar-refractivity contribution in [1.82, 2.24) is 24.5 Å². The Hall–Kier alpha value is -3.72. The Morgan fingerprint density at radius 2 is 1.97 bits per heavy atom. The molecule has 0 fully saturated rings. The van der Waals surface area contributed by atoms with E-state index in [2.05, 4.69) is 19.9 Å². The predicted molar refractivity (Wildman–Crippen MR) is 106 cm³/mol. The van der Waals surface area contributed by atoms with Crippen molar-refractivity contribution in [3.05, 3.63) is 59.4 Å². The first kappa shape index (κ1) is 18.6. The van der Waals surface area contributed by atoms with Crippen LogP contribution in [-0.2, 0) is 11.8 Å². The molecule has 3 heterocycles. The van der Waals surface area contributed by atoms with Crippen LogP contribution in [0, 0.1) is 0 Å². The molecule has 9 heteroatoms. The van der Waals surface area contributed by atoms with Gasteiger partial charge >= 0.3 is 6.01 Å². The number of nitrogens with zero attached hydrogens (tertiary/aromatic N) is 4. The molecule has 0 atom stereocenters. The van der Waals surface area contributed by atoms with E-state index in [1.807, 2.05) is 25.2 Å². The van der Waals surface area contributed by atoms with E-state index in [4.69, 9.17) is 14.2 Å². The number of aromatic amines is 1. The molecule has 9 nitrogen and oxygen atoms in total. The Bertz CT molecular complexity index is 1190. The predicted octanol–water partition coefficient (Wildman–Crippen LogP) is 2.54. The molecule has 0 radical (unpaired) electrons. The molecule has 1 aromatic carbocycles. The third-order valence-electron chi connectivity index (χ3n) is 4.13. The molecule has 0 amide bonds. The summed E-state index contributed by atoms with van der Waals surface area (Å²) in [5.74, 6) is 0.867. The fourth-order valence-corrected chi connectivity index (χ4v) is 2.82. The smallest absolute Gasteiger partial charge is 0.302 e. The number of ether oxygens (including phenoxy) is 3. The van der Waals surface area contributed by atoms with Crippen molar-refractivity contribution in [3.8, 4) is 28.9 Å². The van der Waals surface area contributed by atoms with Gasteiger partial charge in [-0.25, -0.2) is 9.97 Å². The number of rotatable bonds is 7. The number of hydrogen-bond donors (Lipinski definition) is 1. The number of fused-ring (bicyclic) bond motifs is 1. The Balaban J connectivity index is 1.86. The number of para-hydroxylation sites is 1. The zero-order chi connectivity index (χ0) is 20.2. The summed E-state index contributed by atoms with van der Waals surface area (Å²) in [5, 5.41) is 0.275. The minimum absolute atomic E-state index is 0.0572. The van der Waals surface area contributed by atoms with E-state index in [9.17, 15) is 4.79 Å². The van der Waals surface area contributed by atoms with E-state index < -0.39 is 5.56 Å². The Morgan fingerprint density at radius 3 is 2.69 bits per heavy atom. The molecule has 0 bridgehead atoms. The molecule has 3 aromatic heterocycles. The lowest BCUT2D eigenvalue weighted by Gasteiger charge is -2.11. The van der Waals surface area contributed by atoms with Crippen LogP contribution < -0.4 is 15.0 Å². The normalized spacial score (nSPS) is 11.0. The number of aromatic nitrogens is 5. The quantitative estimate of drug-likeness (QED) is 0.481. The Kier molecular flexibility index (Phi) is 5.21. The number of aryl methyl sites for hydroxylation is 1. The standard InChI is InChI=1S/C20H19N5O4/c1-25-11-14(22-12-25)17-18-16(15(10-21-17)28-9-8-27-2)19(26)24-20(23-18)29-13-6-4-3-5-7-13/h3-7,10-12H,8-9H2,1-2H3,(H,23,24,26). The third kappa shape index (κ3) is 3.94. The largest absolute Gasteiger partial charge is 0.489 e. The molecule has 0 saturated heterocycles. The minimum Gasteiger partial charge on any atom is -0.489 e. The molecule has 148 valence electrons. The molecule has 0 aliphatic carbocycles. The minimum atomic E-state index is -0.395. The monoisotopic (exact) mass is 393 g/mol. The lowest BCUT2D eigenvalue weighted by Crippen LogP contribution is -2.14. The number of nitrogens with one attached hydrogen (secondary N) is 1. The molecule has 0 aliphatic rings. The summed E-state index contributed by atoms with van der Waals surface area (Å²) in [6.45, 7) is 0.655. The fourth-order valence-electron chi connectivity index (χ4n) is 2.82. The van der Waals surface area contributed by atoms with Crippen molar-refractivity contribution in [3.63, 3.8) is 0 Å². The van der Waals surface area contributed by atoms with Crippen LogP contribution in [0.4, 0.5) is 0 Å². The summed E-state index contributed by atoms with van der Waals surface area (Å²) in [5.41, 5.74) is 0.995. The second kappa shape index (κ2) is 8.11. The molecule has 1 N–H and O–H groups in total. The summed E-state index contributed by atoms with van der Waals surface area (Å²) in [6.07, 6.45) is 4.95. The van der Waals surface area contributed by atoms with Gasteiger partial charge in [-0.1, -0.05) is 18.2 Å². The van der Waals surface area contributed by atoms with Crippen LogP contribution in [0.3, 0.4) is 0 Å². The highest BCUT2D eigenvalue weighted by Gasteiger charge is 2.18. The second-order valence-corrected chi connectivity index (χ2v) is 6.25. The Morgan fingerprint density at radius 1 is 1.14 bits per heavy atom. The number of imidazole rings is 1. The first-order valence-electron chi connectivity index (χ1n) is 8.91. The number of methoxy groups -OCH3 is 1. The summed E-state index contributed by atoms with van der Waals surface area (Å²) >= 11 is 0. The van der Waals surface area contributed by atoms with Gasteiger partial charge in [0.05, 0.1) is 19.1 Å². The first-order chi connectivity index (χ1) is 14.2. The molecule has 0 unspecified atom stereocenters.